The van der Waals surface area contributed by atoms with Gasteiger partial charge in [0.25, 0.3) is 5.56 Å². The Kier molecular flexibility index (Phi) is 5.89. The number of nitrogens with one attached hydrogen (secondary N) is 2. The second-order valence-corrected chi connectivity index (χ2v) is 8.55. The number of fused-ring (bicyclic) bond motifs is 1. The Labute approximate surface area is 173 Å². The molecule has 1 atom stereocenters. The van der Waals surface area contributed by atoms with E-state index >= 15 is 0 Å². The number of rotatable bonds is 6. The lowest BCUT2D eigenvalue weighted by atomic mass is 9.95. The minimum atomic E-state index is -0.155. The Bertz CT molecular complexity index is 1020. The molecule has 8 heteroatoms. The first-order chi connectivity index (χ1) is 14.1. The van der Waals surface area contributed by atoms with Gasteiger partial charge in [-0.05, 0) is 38.2 Å². The van der Waals surface area contributed by atoms with Crippen LogP contribution >= 0.6 is 11.3 Å². The van der Waals surface area contributed by atoms with Crippen molar-refractivity contribution < 1.29 is 4.79 Å². The number of hydrogen-bond donors (Lipinski definition) is 2. The number of aromatic amines is 1. The van der Waals surface area contributed by atoms with Crippen LogP contribution in [-0.4, -0.2) is 40.0 Å². The van der Waals surface area contributed by atoms with Crippen molar-refractivity contribution in [3.63, 3.8) is 0 Å². The summed E-state index contributed by atoms with van der Waals surface area (Å²) in [5.41, 5.74) is 1.63. The van der Waals surface area contributed by atoms with Crippen molar-refractivity contribution >= 4 is 32.7 Å². The molecule has 7 nitrogen and oxygen atoms in total. The SMILES string of the molecule is C[C@H](CCc1ccccc1)NC(=O)C1CCN(c2nc3nc[nH]c(=O)c3s2)CC1. The minimum absolute atomic E-state index is 0.0290. The predicted octanol–water partition coefficient (Wildman–Crippen LogP) is 2.73. The molecule has 1 aromatic carbocycles. The molecule has 2 N–H and O–H groups in total. The number of carbonyl (C=O) groups excluding carboxylic acids is 1. The molecule has 1 saturated heterocycles. The molecule has 4 rings (SSSR count). The molecule has 3 heterocycles. The maximum absolute atomic E-state index is 12.7. The highest BCUT2D eigenvalue weighted by atomic mass is 32.1. The van der Waals surface area contributed by atoms with E-state index in [0.717, 1.165) is 43.9 Å². The molecule has 1 amide bonds. The molecule has 1 aliphatic heterocycles. The number of thiazole rings is 1. The van der Waals surface area contributed by atoms with Crippen LogP contribution in [0.4, 0.5) is 5.13 Å². The monoisotopic (exact) mass is 411 g/mol. The van der Waals surface area contributed by atoms with Gasteiger partial charge >= 0.3 is 0 Å². The van der Waals surface area contributed by atoms with Crippen LogP contribution in [0.15, 0.2) is 41.5 Å². The fourth-order valence-corrected chi connectivity index (χ4v) is 4.65. The van der Waals surface area contributed by atoms with Crippen LogP contribution in [0.5, 0.6) is 0 Å². The summed E-state index contributed by atoms with van der Waals surface area (Å²) in [6, 6.07) is 10.5. The Morgan fingerprint density at radius 1 is 1.31 bits per heavy atom. The molecule has 0 spiro atoms. The number of amides is 1. The van der Waals surface area contributed by atoms with Crippen LogP contribution in [0.25, 0.3) is 10.3 Å². The molecule has 0 bridgehead atoms. The van der Waals surface area contributed by atoms with Crippen molar-refractivity contribution in [1.29, 1.82) is 0 Å². The third-order valence-electron chi connectivity index (χ3n) is 5.42. The van der Waals surface area contributed by atoms with E-state index in [9.17, 15) is 9.59 Å². The maximum Gasteiger partial charge on any atom is 0.270 e. The van der Waals surface area contributed by atoms with E-state index in [2.05, 4.69) is 44.2 Å². The maximum atomic E-state index is 12.7. The van der Waals surface area contributed by atoms with Crippen molar-refractivity contribution in [2.24, 2.45) is 5.92 Å². The van der Waals surface area contributed by atoms with Gasteiger partial charge in [0, 0.05) is 25.0 Å². The van der Waals surface area contributed by atoms with Crippen molar-refractivity contribution in [2.45, 2.75) is 38.6 Å². The van der Waals surface area contributed by atoms with Crippen LogP contribution in [-0.2, 0) is 11.2 Å². The molecule has 3 aromatic rings. The normalized spacial score (nSPS) is 16.1. The lowest BCUT2D eigenvalue weighted by Crippen LogP contribution is -2.43. The van der Waals surface area contributed by atoms with Gasteiger partial charge in [-0.1, -0.05) is 41.7 Å². The number of benzene rings is 1. The molecule has 0 unspecified atom stereocenters. The molecular formula is C21H25N5O2S. The number of hydrogen-bond acceptors (Lipinski definition) is 6. The second-order valence-electron chi connectivity index (χ2n) is 7.58. The fourth-order valence-electron chi connectivity index (χ4n) is 3.68. The topological polar surface area (TPSA) is 91.0 Å². The first kappa shape index (κ1) is 19.6. The predicted molar refractivity (Wildman–Crippen MR) is 115 cm³/mol. The lowest BCUT2D eigenvalue weighted by Gasteiger charge is -2.31. The quantitative estimate of drug-likeness (QED) is 0.651. The van der Waals surface area contributed by atoms with E-state index in [1.807, 2.05) is 18.2 Å². The highest BCUT2D eigenvalue weighted by Crippen LogP contribution is 2.29. The Morgan fingerprint density at radius 2 is 2.07 bits per heavy atom. The number of piperidine rings is 1. The molecule has 29 heavy (non-hydrogen) atoms. The minimum Gasteiger partial charge on any atom is -0.353 e. The zero-order valence-electron chi connectivity index (χ0n) is 16.4. The van der Waals surface area contributed by atoms with Gasteiger partial charge in [-0.2, -0.15) is 4.98 Å². The van der Waals surface area contributed by atoms with Crippen molar-refractivity contribution in [2.75, 3.05) is 18.0 Å². The van der Waals surface area contributed by atoms with Crippen LogP contribution in [0.3, 0.4) is 0 Å². The van der Waals surface area contributed by atoms with Crippen molar-refractivity contribution in [3.05, 3.63) is 52.6 Å². The van der Waals surface area contributed by atoms with Crippen LogP contribution in [0.2, 0.25) is 0 Å². The van der Waals surface area contributed by atoms with Gasteiger partial charge < -0.3 is 15.2 Å². The smallest absolute Gasteiger partial charge is 0.270 e. The summed E-state index contributed by atoms with van der Waals surface area (Å²) < 4.78 is 0.551. The number of H-pyrrole nitrogens is 1. The van der Waals surface area contributed by atoms with Crippen LogP contribution in [0, 0.1) is 5.92 Å². The summed E-state index contributed by atoms with van der Waals surface area (Å²) in [4.78, 5) is 37.9. The first-order valence-electron chi connectivity index (χ1n) is 10.0. The molecule has 0 aliphatic carbocycles. The lowest BCUT2D eigenvalue weighted by molar-refractivity contribution is -0.126. The molecule has 152 valence electrons. The average Bonchev–Trinajstić information content (AvgIpc) is 3.19. The first-order valence-corrected chi connectivity index (χ1v) is 10.9. The third kappa shape index (κ3) is 4.64. The van der Waals surface area contributed by atoms with Crippen molar-refractivity contribution in [1.82, 2.24) is 20.3 Å². The molecule has 0 radical (unpaired) electrons. The van der Waals surface area contributed by atoms with Gasteiger partial charge in [-0.3, -0.25) is 9.59 Å². The number of anilines is 1. The highest BCUT2D eigenvalue weighted by Gasteiger charge is 2.27. The molecule has 1 aliphatic rings. The van der Waals surface area contributed by atoms with Gasteiger partial charge in [0.1, 0.15) is 4.70 Å². The Balaban J connectivity index is 1.27. The number of carbonyl (C=O) groups is 1. The zero-order valence-corrected chi connectivity index (χ0v) is 17.2. The van der Waals surface area contributed by atoms with Crippen LogP contribution < -0.4 is 15.8 Å². The Hall–Kier alpha value is -2.74. The Morgan fingerprint density at radius 3 is 2.79 bits per heavy atom. The number of aromatic nitrogens is 3. The summed E-state index contributed by atoms with van der Waals surface area (Å²) in [7, 11) is 0. The van der Waals surface area contributed by atoms with E-state index < -0.39 is 0 Å². The average molecular weight is 412 g/mol. The third-order valence-corrected chi connectivity index (χ3v) is 6.52. The van der Waals surface area contributed by atoms with Gasteiger partial charge in [0.05, 0.1) is 6.33 Å². The largest absolute Gasteiger partial charge is 0.353 e. The van der Waals surface area contributed by atoms with Crippen molar-refractivity contribution in [3.8, 4) is 0 Å². The van der Waals surface area contributed by atoms with Gasteiger partial charge in [0.2, 0.25) is 5.91 Å². The van der Waals surface area contributed by atoms with E-state index in [4.69, 9.17) is 0 Å². The summed E-state index contributed by atoms with van der Waals surface area (Å²) in [5.74, 6) is 0.175. The van der Waals surface area contributed by atoms with Gasteiger partial charge in [-0.25, -0.2) is 4.98 Å². The summed E-state index contributed by atoms with van der Waals surface area (Å²) >= 11 is 1.36. The second kappa shape index (κ2) is 8.73. The van der Waals surface area contributed by atoms with Gasteiger partial charge in [0.15, 0.2) is 10.8 Å². The number of aryl methyl sites for hydroxylation is 1. The summed E-state index contributed by atoms with van der Waals surface area (Å²) in [6.45, 7) is 3.59. The van der Waals surface area contributed by atoms with E-state index in [0.29, 0.717) is 10.3 Å². The van der Waals surface area contributed by atoms with E-state index in [1.165, 1.54) is 23.2 Å². The summed E-state index contributed by atoms with van der Waals surface area (Å²) in [6.07, 6.45) is 4.85. The fraction of sp³-hybridized carbons (Fsp3) is 0.429. The molecular weight excluding hydrogens is 386 g/mol. The molecule has 1 fully saturated rings. The van der Waals surface area contributed by atoms with Crippen LogP contribution in [0.1, 0.15) is 31.7 Å². The highest BCUT2D eigenvalue weighted by molar-refractivity contribution is 7.22. The zero-order chi connectivity index (χ0) is 20.2. The van der Waals surface area contributed by atoms with E-state index in [-0.39, 0.29) is 23.4 Å². The van der Waals surface area contributed by atoms with Gasteiger partial charge in [-0.15, -0.1) is 0 Å². The number of nitrogens with zero attached hydrogens (tertiary/aromatic N) is 3. The van der Waals surface area contributed by atoms with E-state index in [1.54, 1.807) is 0 Å². The summed E-state index contributed by atoms with van der Waals surface area (Å²) in [5, 5.41) is 3.98. The molecule has 0 saturated carbocycles. The standard InChI is InChI=1S/C21H25N5O2S/c1-14(7-8-15-5-3-2-4-6-15)24-19(27)16-9-11-26(12-10-16)21-25-18-17(29-21)20(28)23-13-22-18/h2-6,13-14,16H,7-12H2,1H3,(H,24,27)(H,22,23,28)/t14-/m1/s1. The molecule has 2 aromatic heterocycles.